The van der Waals surface area contributed by atoms with E-state index in [1.165, 1.54) is 0 Å². The van der Waals surface area contributed by atoms with E-state index in [1.54, 1.807) is 25.7 Å². The van der Waals surface area contributed by atoms with Gasteiger partial charge in [-0.3, -0.25) is 14.4 Å². The zero-order valence-electron chi connectivity index (χ0n) is 25.7. The first-order chi connectivity index (χ1) is 18.8. The van der Waals surface area contributed by atoms with Crippen LogP contribution in [-0.4, -0.2) is 53.4 Å². The molecule has 0 saturated carbocycles. The van der Waals surface area contributed by atoms with Gasteiger partial charge in [-0.2, -0.15) is 0 Å². The summed E-state index contributed by atoms with van der Waals surface area (Å²) in [6, 6.07) is 3.81. The topological polar surface area (TPSA) is 131 Å². The van der Waals surface area contributed by atoms with Gasteiger partial charge in [-0.15, -0.1) is 0 Å². The molecule has 2 atom stereocenters. The van der Waals surface area contributed by atoms with Crippen LogP contribution in [0.1, 0.15) is 115 Å². The predicted molar refractivity (Wildman–Crippen MR) is 159 cm³/mol. The number of aryl methyl sites for hydroxylation is 2. The molecule has 1 rings (SSSR count). The molecule has 0 radical (unpaired) electrons. The van der Waals surface area contributed by atoms with E-state index in [0.717, 1.165) is 55.2 Å². The Labute approximate surface area is 241 Å². The Morgan fingerprint density at radius 2 is 1.55 bits per heavy atom. The molecule has 4 amide bonds. The lowest BCUT2D eigenvalue weighted by atomic mass is 9.93. The lowest BCUT2D eigenvalue weighted by Gasteiger charge is -2.36. The molecule has 40 heavy (non-hydrogen) atoms. The molecule has 0 bridgehead atoms. The molecule has 0 aliphatic rings. The Morgan fingerprint density at radius 3 is 2.10 bits per heavy atom. The molecule has 9 nitrogen and oxygen atoms in total. The van der Waals surface area contributed by atoms with E-state index in [0.29, 0.717) is 19.5 Å². The molecule has 0 aliphatic heterocycles. The number of carbonyl (C=O) groups is 4. The van der Waals surface area contributed by atoms with Gasteiger partial charge in [0.05, 0.1) is 0 Å². The van der Waals surface area contributed by atoms with Crippen molar-refractivity contribution in [2.45, 2.75) is 124 Å². The molecule has 0 fully saturated rings. The number of hydrogen-bond donors (Lipinski definition) is 3. The van der Waals surface area contributed by atoms with Gasteiger partial charge < -0.3 is 26.0 Å². The molecule has 2 unspecified atom stereocenters. The van der Waals surface area contributed by atoms with Crippen LogP contribution in [-0.2, 0) is 19.1 Å². The third-order valence-electron chi connectivity index (χ3n) is 6.66. The summed E-state index contributed by atoms with van der Waals surface area (Å²) in [5, 5.41) is 5.68. The summed E-state index contributed by atoms with van der Waals surface area (Å²) in [5.41, 5.74) is 7.19. The Kier molecular flexibility index (Phi) is 15.3. The van der Waals surface area contributed by atoms with Crippen LogP contribution in [0.3, 0.4) is 0 Å². The van der Waals surface area contributed by atoms with Gasteiger partial charge in [0.25, 0.3) is 0 Å². The van der Waals surface area contributed by atoms with Gasteiger partial charge in [-0.05, 0) is 70.6 Å². The molecule has 0 spiro atoms. The van der Waals surface area contributed by atoms with E-state index in [9.17, 15) is 19.2 Å². The van der Waals surface area contributed by atoms with Gasteiger partial charge in [-0.1, -0.05) is 64.2 Å². The van der Waals surface area contributed by atoms with E-state index in [1.807, 2.05) is 39.0 Å². The molecule has 9 heteroatoms. The second-order valence-electron chi connectivity index (χ2n) is 11.5. The number of benzene rings is 1. The quantitative estimate of drug-likeness (QED) is 0.225. The Hall–Kier alpha value is -3.10. The Morgan fingerprint density at radius 1 is 0.950 bits per heavy atom. The molecule has 0 aromatic heterocycles. The van der Waals surface area contributed by atoms with Gasteiger partial charge in [0, 0.05) is 19.5 Å². The predicted octanol–water partition coefficient (Wildman–Crippen LogP) is 5.22. The van der Waals surface area contributed by atoms with E-state index in [-0.39, 0.29) is 18.7 Å². The number of carbonyl (C=O) groups excluding carboxylic acids is 4. The summed E-state index contributed by atoms with van der Waals surface area (Å²) in [6.07, 6.45) is 5.66. The number of primary amides is 1. The molecular weight excluding hydrogens is 508 g/mol. The zero-order chi connectivity index (χ0) is 30.3. The minimum absolute atomic E-state index is 0.00330. The van der Waals surface area contributed by atoms with Gasteiger partial charge in [0.2, 0.25) is 17.7 Å². The highest BCUT2D eigenvalue weighted by molar-refractivity contribution is 5.93. The van der Waals surface area contributed by atoms with E-state index < -0.39 is 35.6 Å². The number of unbranched alkanes of at least 4 members (excludes halogenated alkanes) is 5. The minimum Gasteiger partial charge on any atom is -0.444 e. The van der Waals surface area contributed by atoms with Gasteiger partial charge in [0.1, 0.15) is 17.7 Å². The third kappa shape index (κ3) is 12.4. The first kappa shape index (κ1) is 34.9. The lowest BCUT2D eigenvalue weighted by Crippen LogP contribution is -2.53. The van der Waals surface area contributed by atoms with Crippen LogP contribution in [0.25, 0.3) is 0 Å². The number of hydrogen-bond acceptors (Lipinski definition) is 5. The number of nitrogens with one attached hydrogen (secondary N) is 2. The van der Waals surface area contributed by atoms with Crippen molar-refractivity contribution in [2.75, 3.05) is 13.1 Å². The SMILES string of the molecule is CCCCCCCN(C(=O)C(CCC(N)=O)NC(=O)OC(C)(C)C)C(C(=O)NCCCC)c1c(C)cccc1C. The van der Waals surface area contributed by atoms with Crippen LogP contribution in [0.5, 0.6) is 0 Å². The smallest absolute Gasteiger partial charge is 0.408 e. The van der Waals surface area contributed by atoms with E-state index in [2.05, 4.69) is 17.6 Å². The summed E-state index contributed by atoms with van der Waals surface area (Å²) in [6.45, 7) is 14.1. The standard InChI is InChI=1S/C31H52N4O5/c1-8-10-12-13-14-21-35(29(38)24(18-19-25(32)36)34-30(39)40-31(5,6)7)27(28(37)33-20-11-9-2)26-22(3)16-15-17-23(26)4/h15-17,24,27H,8-14,18-21H2,1-7H3,(H2,32,36)(H,33,37)(H,34,39). The van der Waals surface area contributed by atoms with Crippen LogP contribution in [0, 0.1) is 13.8 Å². The number of rotatable bonds is 17. The fourth-order valence-corrected chi connectivity index (χ4v) is 4.62. The third-order valence-corrected chi connectivity index (χ3v) is 6.66. The highest BCUT2D eigenvalue weighted by atomic mass is 16.6. The number of ether oxygens (including phenoxy) is 1. The highest BCUT2D eigenvalue weighted by Gasteiger charge is 2.37. The second-order valence-corrected chi connectivity index (χ2v) is 11.5. The number of amides is 4. The average molecular weight is 561 g/mol. The minimum atomic E-state index is -1.09. The van der Waals surface area contributed by atoms with Crippen molar-refractivity contribution in [3.63, 3.8) is 0 Å². The summed E-state index contributed by atoms with van der Waals surface area (Å²) in [7, 11) is 0. The van der Waals surface area contributed by atoms with Gasteiger partial charge >= 0.3 is 6.09 Å². The lowest BCUT2D eigenvalue weighted by molar-refractivity contribution is -0.143. The molecular formula is C31H52N4O5. The Bertz CT molecular complexity index is 953. The maximum atomic E-state index is 14.3. The van der Waals surface area contributed by atoms with Crippen LogP contribution >= 0.6 is 0 Å². The van der Waals surface area contributed by atoms with Crippen LogP contribution in [0.15, 0.2) is 18.2 Å². The van der Waals surface area contributed by atoms with E-state index >= 15 is 0 Å². The van der Waals surface area contributed by atoms with Crippen molar-refractivity contribution in [2.24, 2.45) is 5.73 Å². The first-order valence-corrected chi connectivity index (χ1v) is 14.7. The molecule has 0 saturated heterocycles. The van der Waals surface area contributed by atoms with Crippen LogP contribution in [0.4, 0.5) is 4.79 Å². The molecule has 0 heterocycles. The number of nitrogens with zero attached hydrogens (tertiary/aromatic N) is 1. The van der Waals surface area contributed by atoms with Crippen molar-refractivity contribution >= 4 is 23.8 Å². The van der Waals surface area contributed by atoms with Crippen molar-refractivity contribution < 1.29 is 23.9 Å². The van der Waals surface area contributed by atoms with Crippen molar-refractivity contribution in [3.8, 4) is 0 Å². The highest BCUT2D eigenvalue weighted by Crippen LogP contribution is 2.29. The number of nitrogens with two attached hydrogens (primary N) is 1. The monoisotopic (exact) mass is 560 g/mol. The van der Waals surface area contributed by atoms with Crippen molar-refractivity contribution in [3.05, 3.63) is 34.9 Å². The molecule has 1 aromatic rings. The van der Waals surface area contributed by atoms with Gasteiger partial charge in [0.15, 0.2) is 0 Å². The second kappa shape index (κ2) is 17.6. The summed E-state index contributed by atoms with van der Waals surface area (Å²) >= 11 is 0. The van der Waals surface area contributed by atoms with Crippen LogP contribution in [0.2, 0.25) is 0 Å². The van der Waals surface area contributed by atoms with Crippen LogP contribution < -0.4 is 16.4 Å². The molecule has 226 valence electrons. The zero-order valence-corrected chi connectivity index (χ0v) is 25.7. The fourth-order valence-electron chi connectivity index (χ4n) is 4.62. The molecule has 4 N–H and O–H groups in total. The van der Waals surface area contributed by atoms with E-state index in [4.69, 9.17) is 10.5 Å². The summed E-state index contributed by atoms with van der Waals surface area (Å²) < 4.78 is 5.41. The van der Waals surface area contributed by atoms with Crippen molar-refractivity contribution in [1.29, 1.82) is 0 Å². The maximum absolute atomic E-state index is 14.3. The largest absolute Gasteiger partial charge is 0.444 e. The van der Waals surface area contributed by atoms with Gasteiger partial charge in [-0.25, -0.2) is 4.79 Å². The summed E-state index contributed by atoms with van der Waals surface area (Å²) in [5.74, 6) is -1.29. The fraction of sp³-hybridized carbons (Fsp3) is 0.677. The summed E-state index contributed by atoms with van der Waals surface area (Å²) in [4.78, 5) is 54.1. The molecule has 0 aliphatic carbocycles. The normalized spacial score (nSPS) is 12.8. The maximum Gasteiger partial charge on any atom is 0.408 e. The average Bonchev–Trinajstić information content (AvgIpc) is 2.85. The number of alkyl carbamates (subject to hydrolysis) is 1. The Balaban J connectivity index is 3.55. The molecule has 1 aromatic carbocycles. The first-order valence-electron chi connectivity index (χ1n) is 14.7. The van der Waals surface area contributed by atoms with Crippen molar-refractivity contribution in [1.82, 2.24) is 15.5 Å².